The molecular weight excluding hydrogens is 306 g/mol. The van der Waals surface area contributed by atoms with Gasteiger partial charge in [-0.1, -0.05) is 29.8 Å². The van der Waals surface area contributed by atoms with Crippen molar-refractivity contribution in [2.75, 3.05) is 6.54 Å². The fraction of sp³-hybridized carbons (Fsp3) is 0.550. The number of benzene rings is 1. The molecule has 4 fully saturated rings. The van der Waals surface area contributed by atoms with E-state index in [1.165, 1.54) is 38.5 Å². The number of halogens is 1. The molecule has 1 N–H and O–H groups in total. The SMILES string of the molecule is O=C(C=Cc1ccccc1Cl)NCC12CC3CC(CC(C3)C1)C2. The van der Waals surface area contributed by atoms with E-state index in [4.69, 9.17) is 11.6 Å². The second-order valence-electron chi connectivity index (χ2n) is 7.99. The number of carbonyl (C=O) groups is 1. The van der Waals surface area contributed by atoms with E-state index < -0.39 is 0 Å². The van der Waals surface area contributed by atoms with Crippen LogP contribution in [0.4, 0.5) is 0 Å². The summed E-state index contributed by atoms with van der Waals surface area (Å²) in [6.45, 7) is 0.849. The average Bonchev–Trinajstić information content (AvgIpc) is 2.51. The molecule has 0 unspecified atom stereocenters. The van der Waals surface area contributed by atoms with Crippen LogP contribution in [0.1, 0.15) is 44.1 Å². The minimum absolute atomic E-state index is 0.000616. The van der Waals surface area contributed by atoms with E-state index in [2.05, 4.69) is 5.32 Å². The van der Waals surface area contributed by atoms with Crippen molar-refractivity contribution < 1.29 is 4.79 Å². The summed E-state index contributed by atoms with van der Waals surface area (Å²) in [4.78, 5) is 12.2. The Morgan fingerprint density at radius 3 is 2.35 bits per heavy atom. The number of nitrogens with one attached hydrogen (secondary N) is 1. The van der Waals surface area contributed by atoms with Gasteiger partial charge in [0.15, 0.2) is 0 Å². The molecule has 4 aliphatic carbocycles. The number of hydrogen-bond acceptors (Lipinski definition) is 1. The van der Waals surface area contributed by atoms with Crippen molar-refractivity contribution >= 4 is 23.6 Å². The molecule has 4 saturated carbocycles. The molecule has 0 saturated heterocycles. The summed E-state index contributed by atoms with van der Waals surface area (Å²) in [5.41, 5.74) is 1.28. The van der Waals surface area contributed by atoms with E-state index in [0.29, 0.717) is 10.4 Å². The van der Waals surface area contributed by atoms with E-state index in [1.54, 1.807) is 12.2 Å². The lowest BCUT2D eigenvalue weighted by Gasteiger charge is -2.56. The van der Waals surface area contributed by atoms with Crippen LogP contribution in [0.15, 0.2) is 30.3 Å². The maximum absolute atomic E-state index is 12.2. The van der Waals surface area contributed by atoms with Crippen molar-refractivity contribution in [2.45, 2.75) is 38.5 Å². The van der Waals surface area contributed by atoms with Gasteiger partial charge in [0.1, 0.15) is 0 Å². The third kappa shape index (κ3) is 3.19. The average molecular weight is 330 g/mol. The Balaban J connectivity index is 1.36. The lowest BCUT2D eigenvalue weighted by atomic mass is 9.49. The molecule has 0 spiro atoms. The molecule has 5 rings (SSSR count). The summed E-state index contributed by atoms with van der Waals surface area (Å²) in [6.07, 6.45) is 11.7. The standard InChI is InChI=1S/C20H24ClNO/c21-18-4-2-1-3-17(18)5-6-19(23)22-13-20-10-14-7-15(11-20)9-16(8-14)12-20/h1-6,14-16H,7-13H2,(H,22,23). The predicted molar refractivity (Wildman–Crippen MR) is 94.1 cm³/mol. The van der Waals surface area contributed by atoms with Crippen molar-refractivity contribution in [1.29, 1.82) is 0 Å². The van der Waals surface area contributed by atoms with Crippen LogP contribution in [0.3, 0.4) is 0 Å². The minimum Gasteiger partial charge on any atom is -0.352 e. The van der Waals surface area contributed by atoms with Gasteiger partial charge in [-0.05, 0) is 79.4 Å². The Hall–Kier alpha value is -1.28. The third-order valence-electron chi connectivity index (χ3n) is 6.12. The molecule has 0 heterocycles. The highest BCUT2D eigenvalue weighted by Crippen LogP contribution is 2.59. The van der Waals surface area contributed by atoms with Crippen LogP contribution in [0.25, 0.3) is 6.08 Å². The number of hydrogen-bond donors (Lipinski definition) is 1. The van der Waals surface area contributed by atoms with Gasteiger partial charge in [-0.25, -0.2) is 0 Å². The highest BCUT2D eigenvalue weighted by molar-refractivity contribution is 6.32. The van der Waals surface area contributed by atoms with Crippen LogP contribution >= 0.6 is 11.6 Å². The van der Waals surface area contributed by atoms with Crippen LogP contribution in [-0.4, -0.2) is 12.5 Å². The molecule has 0 atom stereocenters. The first-order chi connectivity index (χ1) is 11.1. The molecule has 4 aliphatic rings. The van der Waals surface area contributed by atoms with E-state index in [-0.39, 0.29) is 5.91 Å². The lowest BCUT2D eigenvalue weighted by Crippen LogP contribution is -2.51. The van der Waals surface area contributed by atoms with E-state index in [0.717, 1.165) is 29.9 Å². The van der Waals surface area contributed by atoms with Crippen LogP contribution in [0.5, 0.6) is 0 Å². The molecule has 4 bridgehead atoms. The van der Waals surface area contributed by atoms with Crippen LogP contribution in [0.2, 0.25) is 5.02 Å². The Labute approximate surface area is 143 Å². The van der Waals surface area contributed by atoms with Crippen molar-refractivity contribution in [3.63, 3.8) is 0 Å². The van der Waals surface area contributed by atoms with Crippen LogP contribution in [0, 0.1) is 23.2 Å². The molecule has 0 radical (unpaired) electrons. The van der Waals surface area contributed by atoms with Gasteiger partial charge in [0.2, 0.25) is 5.91 Å². The number of amides is 1. The van der Waals surface area contributed by atoms with Gasteiger partial charge in [-0.15, -0.1) is 0 Å². The quantitative estimate of drug-likeness (QED) is 0.798. The number of carbonyl (C=O) groups excluding carboxylic acids is 1. The lowest BCUT2D eigenvalue weighted by molar-refractivity contribution is -0.118. The van der Waals surface area contributed by atoms with Gasteiger partial charge < -0.3 is 5.32 Å². The molecule has 1 amide bonds. The van der Waals surface area contributed by atoms with Gasteiger partial charge >= 0.3 is 0 Å². The van der Waals surface area contributed by atoms with Gasteiger partial charge in [-0.2, -0.15) is 0 Å². The smallest absolute Gasteiger partial charge is 0.244 e. The summed E-state index contributed by atoms with van der Waals surface area (Å²) in [6, 6.07) is 7.59. The summed E-state index contributed by atoms with van der Waals surface area (Å²) in [5.74, 6) is 2.78. The van der Waals surface area contributed by atoms with Gasteiger partial charge in [0.25, 0.3) is 0 Å². The second-order valence-corrected chi connectivity index (χ2v) is 8.40. The largest absolute Gasteiger partial charge is 0.352 e. The Kier molecular flexibility index (Phi) is 3.96. The highest BCUT2D eigenvalue weighted by atomic mass is 35.5. The molecule has 3 heteroatoms. The monoisotopic (exact) mass is 329 g/mol. The van der Waals surface area contributed by atoms with Crippen molar-refractivity contribution in [2.24, 2.45) is 23.2 Å². The van der Waals surface area contributed by atoms with Crippen molar-refractivity contribution in [1.82, 2.24) is 5.32 Å². The first-order valence-corrected chi connectivity index (χ1v) is 9.20. The maximum atomic E-state index is 12.2. The zero-order valence-electron chi connectivity index (χ0n) is 13.4. The van der Waals surface area contributed by atoms with E-state index in [9.17, 15) is 4.79 Å². The zero-order chi connectivity index (χ0) is 15.9. The van der Waals surface area contributed by atoms with E-state index >= 15 is 0 Å². The van der Waals surface area contributed by atoms with Crippen molar-refractivity contribution in [3.8, 4) is 0 Å². The molecule has 23 heavy (non-hydrogen) atoms. The second kappa shape index (κ2) is 5.98. The van der Waals surface area contributed by atoms with Crippen LogP contribution < -0.4 is 5.32 Å². The molecule has 1 aromatic carbocycles. The predicted octanol–water partition coefficient (Wildman–Crippen LogP) is 4.69. The topological polar surface area (TPSA) is 29.1 Å². The molecule has 1 aromatic rings. The van der Waals surface area contributed by atoms with Gasteiger partial charge in [-0.3, -0.25) is 4.79 Å². The number of rotatable bonds is 4. The van der Waals surface area contributed by atoms with E-state index in [1.807, 2.05) is 24.3 Å². The molecular formula is C20H24ClNO. The summed E-state index contributed by atoms with van der Waals surface area (Å²) < 4.78 is 0. The summed E-state index contributed by atoms with van der Waals surface area (Å²) in [5, 5.41) is 3.84. The first kappa shape index (κ1) is 15.3. The summed E-state index contributed by atoms with van der Waals surface area (Å²) >= 11 is 6.11. The Morgan fingerprint density at radius 2 is 1.74 bits per heavy atom. The minimum atomic E-state index is 0.000616. The molecule has 2 nitrogen and oxygen atoms in total. The fourth-order valence-electron chi connectivity index (χ4n) is 5.62. The molecule has 0 aromatic heterocycles. The Bertz CT molecular complexity index is 601. The fourth-order valence-corrected chi connectivity index (χ4v) is 5.81. The molecule has 122 valence electrons. The summed E-state index contributed by atoms with van der Waals surface area (Å²) in [7, 11) is 0. The first-order valence-electron chi connectivity index (χ1n) is 8.82. The third-order valence-corrected chi connectivity index (χ3v) is 6.47. The van der Waals surface area contributed by atoms with Crippen molar-refractivity contribution in [3.05, 3.63) is 40.9 Å². The molecule has 0 aliphatic heterocycles. The van der Waals surface area contributed by atoms with Crippen LogP contribution in [-0.2, 0) is 4.79 Å². The van der Waals surface area contributed by atoms with Gasteiger partial charge in [0.05, 0.1) is 0 Å². The van der Waals surface area contributed by atoms with Gasteiger partial charge in [0, 0.05) is 17.6 Å². The highest BCUT2D eigenvalue weighted by Gasteiger charge is 2.50. The maximum Gasteiger partial charge on any atom is 0.244 e. The Morgan fingerprint density at radius 1 is 1.13 bits per heavy atom. The zero-order valence-corrected chi connectivity index (χ0v) is 14.2. The normalized spacial score (nSPS) is 34.9.